The number of carbonyl (C=O) groups excluding carboxylic acids is 1. The van der Waals surface area contributed by atoms with E-state index in [0.29, 0.717) is 49.6 Å². The number of aromatic nitrogens is 2. The molecule has 1 aromatic carbocycles. The minimum Gasteiger partial charge on any atom is -0.390 e. The third-order valence-corrected chi connectivity index (χ3v) is 9.59. The quantitative estimate of drug-likeness (QED) is 0.418. The number of β-amino-alcohol motifs (C(OH)–C–C–N with tert-alkyl or cyclic N) is 1. The molecule has 1 atom stereocenters. The van der Waals surface area contributed by atoms with Gasteiger partial charge in [0, 0.05) is 67.0 Å². The van der Waals surface area contributed by atoms with Crippen LogP contribution in [0.3, 0.4) is 0 Å². The van der Waals surface area contributed by atoms with Gasteiger partial charge in [0.05, 0.1) is 23.9 Å². The molecule has 2 aromatic rings. The molecule has 3 aliphatic rings. The summed E-state index contributed by atoms with van der Waals surface area (Å²) in [5.74, 6) is 0.542. The SMILES string of the molecule is CC(=O)N1CCc2c(c(-c3ccc(C(F)(F)F)c(SCCN4CCCCC4)c3)nn2CC(O)CN2CCCCC2)C1. The molecule has 0 bridgehead atoms. The number of piperidine rings is 2. The van der Waals surface area contributed by atoms with E-state index >= 15 is 0 Å². The van der Waals surface area contributed by atoms with Gasteiger partial charge in [-0.25, -0.2) is 0 Å². The summed E-state index contributed by atoms with van der Waals surface area (Å²) in [5, 5.41) is 15.8. The number of hydrogen-bond acceptors (Lipinski definition) is 6. The zero-order valence-electron chi connectivity index (χ0n) is 24.0. The topological polar surface area (TPSA) is 64.8 Å². The predicted molar refractivity (Wildman–Crippen MR) is 155 cm³/mol. The number of rotatable bonds is 9. The van der Waals surface area contributed by atoms with Gasteiger partial charge in [-0.1, -0.05) is 18.9 Å². The summed E-state index contributed by atoms with van der Waals surface area (Å²) in [5.41, 5.74) is 2.41. The minimum atomic E-state index is -4.45. The number of likely N-dealkylation sites (tertiary alicyclic amines) is 2. The summed E-state index contributed by atoms with van der Waals surface area (Å²) in [7, 11) is 0. The Morgan fingerprint density at radius 3 is 2.34 bits per heavy atom. The van der Waals surface area contributed by atoms with Crippen molar-refractivity contribution >= 4 is 17.7 Å². The van der Waals surface area contributed by atoms with Crippen molar-refractivity contribution in [2.45, 2.75) is 82.1 Å². The van der Waals surface area contributed by atoms with Gasteiger partial charge >= 0.3 is 6.18 Å². The van der Waals surface area contributed by atoms with Crippen LogP contribution in [-0.4, -0.2) is 93.2 Å². The number of thioether (sulfide) groups is 1. The summed E-state index contributed by atoms with van der Waals surface area (Å²) in [6, 6.07) is 4.29. The number of aliphatic hydroxyl groups is 1. The first-order valence-electron chi connectivity index (χ1n) is 15.0. The molecule has 1 unspecified atom stereocenters. The maximum Gasteiger partial charge on any atom is 0.417 e. The fourth-order valence-corrected chi connectivity index (χ4v) is 7.45. The molecule has 1 aromatic heterocycles. The van der Waals surface area contributed by atoms with Gasteiger partial charge < -0.3 is 19.8 Å². The molecule has 0 radical (unpaired) electrons. The second-order valence-corrected chi connectivity index (χ2v) is 12.8. The number of halogens is 3. The summed E-state index contributed by atoms with van der Waals surface area (Å²) in [6.45, 7) is 8.08. The smallest absolute Gasteiger partial charge is 0.390 e. The third-order valence-electron chi connectivity index (χ3n) is 8.55. The number of aliphatic hydroxyl groups excluding tert-OH is 1. The van der Waals surface area contributed by atoms with E-state index in [0.717, 1.165) is 69.7 Å². The molecule has 1 amide bonds. The predicted octanol–water partition coefficient (Wildman–Crippen LogP) is 4.90. The Hall–Kier alpha value is -2.08. The van der Waals surface area contributed by atoms with Crippen LogP contribution in [-0.2, 0) is 30.5 Å². The maximum atomic E-state index is 14.0. The lowest BCUT2D eigenvalue weighted by Crippen LogP contribution is -2.39. The Bertz CT molecular complexity index is 1190. The number of carbonyl (C=O) groups is 1. The monoisotopic (exact) mass is 593 g/mol. The molecular weight excluding hydrogens is 551 g/mol. The molecule has 5 rings (SSSR count). The average molecular weight is 594 g/mol. The number of alkyl halides is 3. The van der Waals surface area contributed by atoms with E-state index in [2.05, 4.69) is 9.80 Å². The molecule has 0 aliphatic carbocycles. The summed E-state index contributed by atoms with van der Waals surface area (Å²) in [4.78, 5) is 18.8. The van der Waals surface area contributed by atoms with Crippen molar-refractivity contribution < 1.29 is 23.1 Å². The first kappa shape index (κ1) is 30.4. The first-order chi connectivity index (χ1) is 19.7. The van der Waals surface area contributed by atoms with E-state index in [-0.39, 0.29) is 10.8 Å². The van der Waals surface area contributed by atoms with E-state index in [1.807, 2.05) is 4.68 Å². The van der Waals surface area contributed by atoms with Gasteiger partial charge in [-0.3, -0.25) is 9.48 Å². The molecule has 11 heteroatoms. The van der Waals surface area contributed by atoms with Crippen LogP contribution >= 0.6 is 11.8 Å². The maximum absolute atomic E-state index is 14.0. The molecule has 0 saturated carbocycles. The molecule has 2 saturated heterocycles. The number of nitrogens with zero attached hydrogens (tertiary/aromatic N) is 5. The number of hydrogen-bond donors (Lipinski definition) is 1. The molecule has 4 heterocycles. The highest BCUT2D eigenvalue weighted by Gasteiger charge is 2.35. The Morgan fingerprint density at radius 2 is 1.68 bits per heavy atom. The van der Waals surface area contributed by atoms with Gasteiger partial charge in [-0.05, 0) is 64.0 Å². The van der Waals surface area contributed by atoms with Crippen LogP contribution in [0.15, 0.2) is 23.1 Å². The van der Waals surface area contributed by atoms with E-state index in [1.165, 1.54) is 43.7 Å². The molecule has 2 fully saturated rings. The van der Waals surface area contributed by atoms with Crippen molar-refractivity contribution in [2.24, 2.45) is 0 Å². The number of fused-ring (bicyclic) bond motifs is 1. The van der Waals surface area contributed by atoms with Gasteiger partial charge in [0.15, 0.2) is 0 Å². The molecule has 0 spiro atoms. The molecule has 1 N–H and O–H groups in total. The van der Waals surface area contributed by atoms with Crippen molar-refractivity contribution in [1.29, 1.82) is 0 Å². The Morgan fingerprint density at radius 1 is 1.00 bits per heavy atom. The standard InChI is InChI=1S/C30H42F3N5O2S/c1-22(39)37-15-10-27-25(21-37)29(34-38(27)20-24(40)19-36-13-6-3-7-14-36)23-8-9-26(30(31,32)33)28(18-23)41-17-16-35-11-4-2-5-12-35/h8-9,18,24,40H,2-7,10-17,19-21H2,1H3. The zero-order chi connectivity index (χ0) is 29.0. The van der Waals surface area contributed by atoms with Crippen LogP contribution in [0, 0.1) is 0 Å². The lowest BCUT2D eigenvalue weighted by molar-refractivity contribution is -0.139. The van der Waals surface area contributed by atoms with Crippen molar-refractivity contribution in [3.05, 3.63) is 35.0 Å². The molecule has 226 valence electrons. The lowest BCUT2D eigenvalue weighted by Gasteiger charge is -2.29. The second-order valence-electron chi connectivity index (χ2n) is 11.6. The van der Waals surface area contributed by atoms with Gasteiger partial charge in [0.1, 0.15) is 0 Å². The first-order valence-corrected chi connectivity index (χ1v) is 16.0. The van der Waals surface area contributed by atoms with Gasteiger partial charge in [-0.2, -0.15) is 18.3 Å². The van der Waals surface area contributed by atoms with E-state index in [1.54, 1.807) is 11.0 Å². The van der Waals surface area contributed by atoms with Crippen LogP contribution in [0.5, 0.6) is 0 Å². The third kappa shape index (κ3) is 7.66. The van der Waals surface area contributed by atoms with E-state index in [4.69, 9.17) is 5.10 Å². The van der Waals surface area contributed by atoms with Crippen LogP contribution in [0.2, 0.25) is 0 Å². The fraction of sp³-hybridized carbons (Fsp3) is 0.667. The highest BCUT2D eigenvalue weighted by atomic mass is 32.2. The number of amides is 1. The van der Waals surface area contributed by atoms with Crippen LogP contribution in [0.25, 0.3) is 11.3 Å². The van der Waals surface area contributed by atoms with E-state index < -0.39 is 17.8 Å². The Labute approximate surface area is 245 Å². The lowest BCUT2D eigenvalue weighted by atomic mass is 9.99. The van der Waals surface area contributed by atoms with Crippen LogP contribution in [0.1, 0.15) is 62.3 Å². The van der Waals surface area contributed by atoms with Crippen LogP contribution in [0.4, 0.5) is 13.2 Å². The number of benzene rings is 1. The molecule has 7 nitrogen and oxygen atoms in total. The Kier molecular flexibility index (Phi) is 9.99. The fourth-order valence-electron chi connectivity index (χ4n) is 6.33. The van der Waals surface area contributed by atoms with Gasteiger partial charge in [0.25, 0.3) is 0 Å². The van der Waals surface area contributed by atoms with Crippen molar-refractivity contribution in [3.63, 3.8) is 0 Å². The normalized spacial score (nSPS) is 19.8. The van der Waals surface area contributed by atoms with Gasteiger partial charge in [0.2, 0.25) is 5.91 Å². The zero-order valence-corrected chi connectivity index (χ0v) is 24.8. The van der Waals surface area contributed by atoms with Crippen LogP contribution < -0.4 is 0 Å². The average Bonchev–Trinajstić information content (AvgIpc) is 3.31. The van der Waals surface area contributed by atoms with Gasteiger partial charge in [-0.15, -0.1) is 11.8 Å². The van der Waals surface area contributed by atoms with Crippen molar-refractivity contribution in [2.75, 3.05) is 51.6 Å². The minimum absolute atomic E-state index is 0.0409. The highest BCUT2D eigenvalue weighted by molar-refractivity contribution is 7.99. The second kappa shape index (κ2) is 13.5. The summed E-state index contributed by atoms with van der Waals surface area (Å²) < 4.78 is 43.8. The van der Waals surface area contributed by atoms with Crippen molar-refractivity contribution in [3.8, 4) is 11.3 Å². The molecular formula is C30H42F3N5O2S. The Balaban J connectivity index is 1.41. The van der Waals surface area contributed by atoms with E-state index in [9.17, 15) is 23.1 Å². The summed E-state index contributed by atoms with van der Waals surface area (Å²) in [6.07, 6.45) is 2.55. The summed E-state index contributed by atoms with van der Waals surface area (Å²) >= 11 is 1.25. The largest absolute Gasteiger partial charge is 0.417 e. The molecule has 3 aliphatic heterocycles. The highest BCUT2D eigenvalue weighted by Crippen LogP contribution is 2.40. The van der Waals surface area contributed by atoms with Crippen molar-refractivity contribution in [1.82, 2.24) is 24.5 Å². The molecule has 41 heavy (non-hydrogen) atoms.